The van der Waals surface area contributed by atoms with Crippen molar-refractivity contribution in [1.29, 1.82) is 0 Å². The number of halogens is 1. The molecule has 0 saturated carbocycles. The summed E-state index contributed by atoms with van der Waals surface area (Å²) >= 11 is 5.90. The van der Waals surface area contributed by atoms with Gasteiger partial charge in [-0.05, 0) is 13.0 Å². The van der Waals surface area contributed by atoms with Crippen LogP contribution in [0.25, 0.3) is 0 Å². The number of rotatable bonds is 3. The summed E-state index contributed by atoms with van der Waals surface area (Å²) in [4.78, 5) is 11.3. The van der Waals surface area contributed by atoms with Gasteiger partial charge < -0.3 is 9.47 Å². The maximum atomic E-state index is 11.3. The average molecular weight is 215 g/mol. The first kappa shape index (κ1) is 10.9. The maximum absolute atomic E-state index is 11.3. The molecule has 0 spiro atoms. The van der Waals surface area contributed by atoms with E-state index in [-0.39, 0.29) is 5.78 Å². The Labute approximate surface area is 87.6 Å². The van der Waals surface area contributed by atoms with E-state index in [9.17, 15) is 4.79 Å². The Kier molecular flexibility index (Phi) is 3.36. The summed E-state index contributed by atoms with van der Waals surface area (Å²) < 4.78 is 10.0. The average Bonchev–Trinajstić information content (AvgIpc) is 2.16. The van der Waals surface area contributed by atoms with Crippen molar-refractivity contribution >= 4 is 17.4 Å². The lowest BCUT2D eigenvalue weighted by atomic mass is 10.1. The van der Waals surface area contributed by atoms with Gasteiger partial charge in [0.1, 0.15) is 11.5 Å². The van der Waals surface area contributed by atoms with Crippen molar-refractivity contribution in [1.82, 2.24) is 0 Å². The second-order valence-electron chi connectivity index (χ2n) is 2.75. The van der Waals surface area contributed by atoms with Crippen molar-refractivity contribution in [3.05, 3.63) is 22.7 Å². The highest BCUT2D eigenvalue weighted by molar-refractivity contribution is 6.32. The second kappa shape index (κ2) is 4.33. The molecule has 4 heteroatoms. The Morgan fingerprint density at radius 3 is 2.36 bits per heavy atom. The van der Waals surface area contributed by atoms with Crippen LogP contribution < -0.4 is 9.47 Å². The minimum absolute atomic E-state index is 0.109. The molecule has 1 aromatic carbocycles. The number of ether oxygens (including phenoxy) is 2. The fraction of sp³-hybridized carbons (Fsp3) is 0.300. The van der Waals surface area contributed by atoms with Gasteiger partial charge in [0.25, 0.3) is 0 Å². The van der Waals surface area contributed by atoms with Gasteiger partial charge in [-0.3, -0.25) is 4.79 Å². The zero-order valence-corrected chi connectivity index (χ0v) is 9.01. The zero-order chi connectivity index (χ0) is 10.7. The highest BCUT2D eigenvalue weighted by Gasteiger charge is 2.13. The Bertz CT molecular complexity index is 361. The molecule has 76 valence electrons. The smallest absolute Gasteiger partial charge is 0.163 e. The summed E-state index contributed by atoms with van der Waals surface area (Å²) in [6.45, 7) is 1.45. The molecule has 0 atom stereocenters. The van der Waals surface area contributed by atoms with E-state index in [2.05, 4.69) is 0 Å². The predicted octanol–water partition coefficient (Wildman–Crippen LogP) is 2.56. The van der Waals surface area contributed by atoms with Crippen LogP contribution in [0.3, 0.4) is 0 Å². The monoisotopic (exact) mass is 214 g/mol. The third kappa shape index (κ3) is 1.99. The molecule has 1 rings (SSSR count). The van der Waals surface area contributed by atoms with Gasteiger partial charge in [-0.25, -0.2) is 0 Å². The van der Waals surface area contributed by atoms with Crippen molar-refractivity contribution in [3.63, 3.8) is 0 Å². The molecule has 0 aromatic heterocycles. The maximum Gasteiger partial charge on any atom is 0.163 e. The summed E-state index contributed by atoms with van der Waals surface area (Å²) in [5.74, 6) is 0.823. The third-order valence-corrected chi connectivity index (χ3v) is 2.12. The molecule has 0 aliphatic carbocycles. The van der Waals surface area contributed by atoms with Crippen LogP contribution in [-0.2, 0) is 0 Å². The number of carbonyl (C=O) groups excluding carboxylic acids is 1. The Balaban J connectivity index is 3.35. The van der Waals surface area contributed by atoms with Gasteiger partial charge in [0.2, 0.25) is 0 Å². The molecule has 0 aliphatic rings. The third-order valence-electron chi connectivity index (χ3n) is 1.84. The number of hydrogen-bond acceptors (Lipinski definition) is 3. The highest BCUT2D eigenvalue weighted by Crippen LogP contribution is 2.33. The van der Waals surface area contributed by atoms with Gasteiger partial charge in [0.15, 0.2) is 5.78 Å². The van der Waals surface area contributed by atoms with Crippen LogP contribution >= 0.6 is 11.6 Å². The number of carbonyl (C=O) groups is 1. The van der Waals surface area contributed by atoms with E-state index in [0.717, 1.165) is 0 Å². The molecule has 1 aromatic rings. The summed E-state index contributed by atoms with van der Waals surface area (Å²) in [7, 11) is 2.99. The number of ketones is 1. The normalized spacial score (nSPS) is 9.71. The standard InChI is InChI=1S/C10H11ClO3/c1-6(12)8-4-7(13-2)5-9(11)10(8)14-3/h4-5H,1-3H3. The molecule has 0 N–H and O–H groups in total. The lowest BCUT2D eigenvalue weighted by Crippen LogP contribution is -1.99. The molecule has 0 unspecified atom stereocenters. The minimum atomic E-state index is -0.109. The zero-order valence-electron chi connectivity index (χ0n) is 8.26. The first-order valence-corrected chi connectivity index (χ1v) is 4.40. The SMILES string of the molecule is COc1cc(Cl)c(OC)c(C(C)=O)c1. The largest absolute Gasteiger partial charge is 0.497 e. The molecule has 0 fully saturated rings. The lowest BCUT2D eigenvalue weighted by molar-refractivity contribution is 0.101. The van der Waals surface area contributed by atoms with Crippen LogP contribution in [0, 0.1) is 0 Å². The van der Waals surface area contributed by atoms with Crippen LogP contribution in [-0.4, -0.2) is 20.0 Å². The molecule has 0 heterocycles. The number of Topliss-reactive ketones (excluding diaryl/α,β-unsaturated/α-hetero) is 1. The van der Waals surface area contributed by atoms with Gasteiger partial charge in [-0.2, -0.15) is 0 Å². The fourth-order valence-corrected chi connectivity index (χ4v) is 1.44. The number of benzene rings is 1. The van der Waals surface area contributed by atoms with Gasteiger partial charge in [-0.1, -0.05) is 11.6 Å². The van der Waals surface area contributed by atoms with E-state index in [1.54, 1.807) is 12.1 Å². The Hall–Kier alpha value is -1.22. The van der Waals surface area contributed by atoms with Crippen molar-refractivity contribution in [2.24, 2.45) is 0 Å². The van der Waals surface area contributed by atoms with Gasteiger partial charge in [0, 0.05) is 6.07 Å². The molecule has 14 heavy (non-hydrogen) atoms. The van der Waals surface area contributed by atoms with E-state index in [1.165, 1.54) is 21.1 Å². The molecular formula is C10H11ClO3. The van der Waals surface area contributed by atoms with Crippen LogP contribution in [0.15, 0.2) is 12.1 Å². The van der Waals surface area contributed by atoms with Gasteiger partial charge in [0.05, 0.1) is 24.8 Å². The van der Waals surface area contributed by atoms with Crippen LogP contribution in [0.4, 0.5) is 0 Å². The molecule has 3 nitrogen and oxygen atoms in total. The summed E-state index contributed by atoms with van der Waals surface area (Å²) in [5, 5.41) is 0.372. The molecule has 0 radical (unpaired) electrons. The summed E-state index contributed by atoms with van der Waals surface area (Å²) in [6.07, 6.45) is 0. The van der Waals surface area contributed by atoms with Crippen LogP contribution in [0.2, 0.25) is 5.02 Å². The van der Waals surface area contributed by atoms with Gasteiger partial charge >= 0.3 is 0 Å². The topological polar surface area (TPSA) is 35.5 Å². The van der Waals surface area contributed by atoms with E-state index < -0.39 is 0 Å². The van der Waals surface area contributed by atoms with E-state index >= 15 is 0 Å². The number of methoxy groups -OCH3 is 2. The van der Waals surface area contributed by atoms with Crippen LogP contribution in [0.5, 0.6) is 11.5 Å². The Morgan fingerprint density at radius 1 is 1.29 bits per heavy atom. The Morgan fingerprint density at radius 2 is 1.93 bits per heavy atom. The minimum Gasteiger partial charge on any atom is -0.497 e. The quantitative estimate of drug-likeness (QED) is 0.726. The highest BCUT2D eigenvalue weighted by atomic mass is 35.5. The molecule has 0 amide bonds. The van der Waals surface area contributed by atoms with Crippen molar-refractivity contribution in [2.45, 2.75) is 6.92 Å². The lowest BCUT2D eigenvalue weighted by Gasteiger charge is -2.09. The van der Waals surface area contributed by atoms with Crippen molar-refractivity contribution < 1.29 is 14.3 Å². The first-order chi connectivity index (χ1) is 6.60. The molecule has 0 saturated heterocycles. The second-order valence-corrected chi connectivity index (χ2v) is 3.15. The van der Waals surface area contributed by atoms with Crippen molar-refractivity contribution in [2.75, 3.05) is 14.2 Å². The fourth-order valence-electron chi connectivity index (χ4n) is 1.16. The van der Waals surface area contributed by atoms with Crippen LogP contribution in [0.1, 0.15) is 17.3 Å². The van der Waals surface area contributed by atoms with E-state index in [4.69, 9.17) is 21.1 Å². The summed E-state index contributed by atoms with van der Waals surface area (Å²) in [6, 6.07) is 3.21. The van der Waals surface area contributed by atoms with Crippen molar-refractivity contribution in [3.8, 4) is 11.5 Å². The molecular weight excluding hydrogens is 204 g/mol. The molecule has 0 aliphatic heterocycles. The summed E-state index contributed by atoms with van der Waals surface area (Å²) in [5.41, 5.74) is 0.428. The van der Waals surface area contributed by atoms with E-state index in [0.29, 0.717) is 22.1 Å². The predicted molar refractivity (Wildman–Crippen MR) is 54.6 cm³/mol. The van der Waals surface area contributed by atoms with Gasteiger partial charge in [-0.15, -0.1) is 0 Å². The number of hydrogen-bond donors (Lipinski definition) is 0. The molecule has 0 bridgehead atoms. The first-order valence-electron chi connectivity index (χ1n) is 4.02. The van der Waals surface area contributed by atoms with E-state index in [1.807, 2.05) is 0 Å².